The number of nitro benzene ring substituents is 1. The number of halogens is 1. The van der Waals surface area contributed by atoms with Crippen LogP contribution >= 0.6 is 11.6 Å². The Morgan fingerprint density at radius 3 is 2.68 bits per heavy atom. The van der Waals surface area contributed by atoms with Crippen molar-refractivity contribution in [3.8, 4) is 0 Å². The minimum atomic E-state index is -3.92. The molecule has 2 fully saturated rings. The highest BCUT2D eigenvalue weighted by molar-refractivity contribution is 7.89. The van der Waals surface area contributed by atoms with Crippen molar-refractivity contribution < 1.29 is 13.3 Å². The first-order chi connectivity index (χ1) is 10.3. The molecule has 9 heteroatoms. The zero-order chi connectivity index (χ0) is 16.1. The Hall–Kier alpha value is -1.22. The van der Waals surface area contributed by atoms with Crippen molar-refractivity contribution >= 4 is 27.3 Å². The Bertz CT molecular complexity index is 724. The molecule has 2 aliphatic rings. The Morgan fingerprint density at radius 2 is 2.05 bits per heavy atom. The first kappa shape index (κ1) is 15.7. The molecule has 1 aliphatic carbocycles. The largest absolute Gasteiger partial charge is 0.327 e. The Kier molecular flexibility index (Phi) is 3.88. The highest BCUT2D eigenvalue weighted by Crippen LogP contribution is 2.40. The number of benzene rings is 1. The Morgan fingerprint density at radius 1 is 1.32 bits per heavy atom. The van der Waals surface area contributed by atoms with E-state index in [2.05, 4.69) is 0 Å². The van der Waals surface area contributed by atoms with Gasteiger partial charge in [-0.2, -0.15) is 4.31 Å². The van der Waals surface area contributed by atoms with Gasteiger partial charge < -0.3 is 5.73 Å². The molecule has 7 nitrogen and oxygen atoms in total. The van der Waals surface area contributed by atoms with Gasteiger partial charge in [-0.25, -0.2) is 8.42 Å². The van der Waals surface area contributed by atoms with E-state index < -0.39 is 20.6 Å². The van der Waals surface area contributed by atoms with Crippen molar-refractivity contribution in [1.29, 1.82) is 0 Å². The summed E-state index contributed by atoms with van der Waals surface area (Å²) in [6.07, 6.45) is 1.81. The normalized spacial score (nSPS) is 28.7. The molecule has 2 N–H and O–H groups in total. The van der Waals surface area contributed by atoms with Gasteiger partial charge in [0, 0.05) is 30.2 Å². The molecule has 1 aromatic rings. The van der Waals surface area contributed by atoms with Crippen LogP contribution in [0.5, 0.6) is 0 Å². The van der Waals surface area contributed by atoms with Gasteiger partial charge in [-0.1, -0.05) is 11.6 Å². The summed E-state index contributed by atoms with van der Waals surface area (Å²) < 4.78 is 26.8. The number of hydrogen-bond acceptors (Lipinski definition) is 5. The minimum absolute atomic E-state index is 0.00500. The molecule has 3 unspecified atom stereocenters. The monoisotopic (exact) mass is 345 g/mol. The van der Waals surface area contributed by atoms with Crippen LogP contribution in [0.4, 0.5) is 5.69 Å². The number of nitrogens with zero attached hydrogens (tertiary/aromatic N) is 2. The summed E-state index contributed by atoms with van der Waals surface area (Å²) in [6, 6.07) is 3.62. The van der Waals surface area contributed by atoms with Gasteiger partial charge in [0.2, 0.25) is 10.0 Å². The molecule has 3 rings (SSSR count). The Labute approximate surface area is 133 Å². The van der Waals surface area contributed by atoms with Crippen molar-refractivity contribution in [2.75, 3.05) is 13.1 Å². The molecule has 1 heterocycles. The maximum absolute atomic E-state index is 12.7. The lowest BCUT2D eigenvalue weighted by Gasteiger charge is -2.18. The van der Waals surface area contributed by atoms with Gasteiger partial charge in [0.25, 0.3) is 5.69 Å². The first-order valence-electron chi connectivity index (χ1n) is 7.00. The van der Waals surface area contributed by atoms with E-state index in [-0.39, 0.29) is 27.8 Å². The summed E-state index contributed by atoms with van der Waals surface area (Å²) in [5.74, 6) is 0.386. The standard InChI is InChI=1S/C13H16ClN3O4S/c14-9-2-4-13(12(5-9)17(18)19)22(20,21)16-6-8-1-3-11(15)10(8)7-16/h2,4-5,8,10-11H,1,3,6-7,15H2. The molecule has 1 saturated carbocycles. The molecule has 1 aromatic carbocycles. The molecule has 120 valence electrons. The van der Waals surface area contributed by atoms with E-state index in [4.69, 9.17) is 17.3 Å². The molecule has 1 aliphatic heterocycles. The lowest BCUT2D eigenvalue weighted by Crippen LogP contribution is -2.33. The van der Waals surface area contributed by atoms with Gasteiger partial charge in [0.1, 0.15) is 0 Å². The highest BCUT2D eigenvalue weighted by Gasteiger charge is 2.46. The zero-order valence-electron chi connectivity index (χ0n) is 11.7. The van der Waals surface area contributed by atoms with Crippen molar-refractivity contribution in [3.63, 3.8) is 0 Å². The summed E-state index contributed by atoms with van der Waals surface area (Å²) >= 11 is 5.74. The number of nitrogens with two attached hydrogens (primary N) is 1. The smallest absolute Gasteiger partial charge is 0.290 e. The third-order valence-corrected chi connectivity index (χ3v) is 6.73. The van der Waals surface area contributed by atoms with E-state index in [1.807, 2.05) is 0 Å². The second-order valence-electron chi connectivity index (χ2n) is 5.86. The van der Waals surface area contributed by atoms with Crippen molar-refractivity contribution in [2.24, 2.45) is 17.6 Å². The molecular weight excluding hydrogens is 330 g/mol. The highest BCUT2D eigenvalue weighted by atomic mass is 35.5. The van der Waals surface area contributed by atoms with Crippen molar-refractivity contribution in [2.45, 2.75) is 23.8 Å². The molecule has 3 atom stereocenters. The number of rotatable bonds is 3. The second-order valence-corrected chi connectivity index (χ2v) is 8.20. The molecule has 0 amide bonds. The average molecular weight is 346 g/mol. The zero-order valence-corrected chi connectivity index (χ0v) is 13.3. The van der Waals surface area contributed by atoms with Crippen LogP contribution in [0, 0.1) is 22.0 Å². The van der Waals surface area contributed by atoms with Gasteiger partial charge in [0.15, 0.2) is 4.90 Å². The third kappa shape index (κ3) is 2.50. The maximum atomic E-state index is 12.7. The van der Waals surface area contributed by atoms with Crippen molar-refractivity contribution in [3.05, 3.63) is 33.3 Å². The van der Waals surface area contributed by atoms with Gasteiger partial charge in [-0.3, -0.25) is 10.1 Å². The van der Waals surface area contributed by atoms with E-state index in [1.54, 1.807) is 0 Å². The van der Waals surface area contributed by atoms with Crippen LogP contribution in [0.1, 0.15) is 12.8 Å². The minimum Gasteiger partial charge on any atom is -0.327 e. The topological polar surface area (TPSA) is 107 Å². The predicted octanol–water partition coefficient (Wildman–Crippen LogP) is 1.61. The van der Waals surface area contributed by atoms with Gasteiger partial charge in [-0.05, 0) is 36.8 Å². The van der Waals surface area contributed by atoms with Crippen LogP contribution in [0.3, 0.4) is 0 Å². The van der Waals surface area contributed by atoms with Crippen LogP contribution in [0.25, 0.3) is 0 Å². The summed E-state index contributed by atoms with van der Waals surface area (Å²) in [7, 11) is -3.92. The van der Waals surface area contributed by atoms with E-state index in [0.29, 0.717) is 13.1 Å². The fraction of sp³-hybridized carbons (Fsp3) is 0.538. The molecule has 0 radical (unpaired) electrons. The second kappa shape index (κ2) is 5.45. The van der Waals surface area contributed by atoms with E-state index in [0.717, 1.165) is 18.9 Å². The number of fused-ring (bicyclic) bond motifs is 1. The van der Waals surface area contributed by atoms with Crippen LogP contribution in [-0.4, -0.2) is 36.8 Å². The van der Waals surface area contributed by atoms with Crippen molar-refractivity contribution in [1.82, 2.24) is 4.31 Å². The molecule has 0 bridgehead atoms. The third-order valence-electron chi connectivity index (χ3n) is 4.61. The molecular formula is C13H16ClN3O4S. The summed E-state index contributed by atoms with van der Waals surface area (Å²) in [5.41, 5.74) is 5.52. The SMILES string of the molecule is NC1CCC2CN(S(=O)(=O)c3ccc(Cl)cc3[N+](=O)[O-])CC12. The molecule has 1 saturated heterocycles. The Balaban J connectivity index is 1.96. The molecule has 0 spiro atoms. The average Bonchev–Trinajstić information content (AvgIpc) is 3.01. The quantitative estimate of drug-likeness (QED) is 0.661. The lowest BCUT2D eigenvalue weighted by molar-refractivity contribution is -0.387. The summed E-state index contributed by atoms with van der Waals surface area (Å²) in [6.45, 7) is 0.703. The summed E-state index contributed by atoms with van der Waals surface area (Å²) in [5, 5.41) is 11.3. The van der Waals surface area contributed by atoms with E-state index in [1.165, 1.54) is 16.4 Å². The molecule has 22 heavy (non-hydrogen) atoms. The molecule has 0 aromatic heterocycles. The fourth-order valence-corrected chi connectivity index (χ4v) is 5.29. The van der Waals surface area contributed by atoms with Crippen LogP contribution in [0.15, 0.2) is 23.1 Å². The summed E-state index contributed by atoms with van der Waals surface area (Å²) in [4.78, 5) is 10.1. The number of hydrogen-bond donors (Lipinski definition) is 1. The number of nitro groups is 1. The number of sulfonamides is 1. The van der Waals surface area contributed by atoms with Gasteiger partial charge in [-0.15, -0.1) is 0 Å². The van der Waals surface area contributed by atoms with Gasteiger partial charge >= 0.3 is 0 Å². The van der Waals surface area contributed by atoms with Crippen LogP contribution in [0.2, 0.25) is 5.02 Å². The first-order valence-corrected chi connectivity index (χ1v) is 8.82. The predicted molar refractivity (Wildman–Crippen MR) is 81.1 cm³/mol. The van der Waals surface area contributed by atoms with Crippen LogP contribution in [-0.2, 0) is 10.0 Å². The van der Waals surface area contributed by atoms with Crippen LogP contribution < -0.4 is 5.73 Å². The fourth-order valence-electron chi connectivity index (χ4n) is 3.45. The maximum Gasteiger partial charge on any atom is 0.290 e. The van der Waals surface area contributed by atoms with E-state index in [9.17, 15) is 18.5 Å². The lowest BCUT2D eigenvalue weighted by atomic mass is 9.98. The van der Waals surface area contributed by atoms with Gasteiger partial charge in [0.05, 0.1) is 4.92 Å². The van der Waals surface area contributed by atoms with E-state index >= 15 is 0 Å².